The maximum absolute atomic E-state index is 12.3. The van der Waals surface area contributed by atoms with Crippen LogP contribution in [0.5, 0.6) is 0 Å². The molecule has 6 heteroatoms. The summed E-state index contributed by atoms with van der Waals surface area (Å²) in [5.74, 6) is 0.475. The summed E-state index contributed by atoms with van der Waals surface area (Å²) in [7, 11) is 4.06. The van der Waals surface area contributed by atoms with E-state index in [1.165, 1.54) is 16.9 Å². The van der Waals surface area contributed by atoms with Gasteiger partial charge in [-0.15, -0.1) is 10.2 Å². The number of nitrogens with zero attached hydrogens (tertiary/aromatic N) is 3. The molecule has 5 nitrogen and oxygen atoms in total. The standard InChI is InChI=1S/C16H20N4OS/c1-20(2)9-8-14-18-19-16(22-14)17-15(21)13-10-12(13)11-6-4-3-5-7-11/h3-7,12-13H,8-10H2,1-2H3,(H,17,19,21)/t12-,13+/m0/s1. The van der Waals surface area contributed by atoms with Gasteiger partial charge in [-0.05, 0) is 32.0 Å². The summed E-state index contributed by atoms with van der Waals surface area (Å²) in [5.41, 5.74) is 1.24. The van der Waals surface area contributed by atoms with Crippen molar-refractivity contribution in [2.75, 3.05) is 26.0 Å². The van der Waals surface area contributed by atoms with Crippen molar-refractivity contribution in [3.63, 3.8) is 0 Å². The normalized spacial score (nSPS) is 20.1. The fraction of sp³-hybridized carbons (Fsp3) is 0.438. The second-order valence-corrected chi connectivity index (χ2v) is 6.96. The Hall–Kier alpha value is -1.79. The Labute approximate surface area is 134 Å². The van der Waals surface area contributed by atoms with Crippen molar-refractivity contribution >= 4 is 22.4 Å². The molecule has 1 aromatic heterocycles. The number of rotatable bonds is 6. The number of benzene rings is 1. The van der Waals surface area contributed by atoms with Crippen LogP contribution in [0.25, 0.3) is 0 Å². The molecule has 1 amide bonds. The van der Waals surface area contributed by atoms with E-state index in [0.717, 1.165) is 24.4 Å². The van der Waals surface area contributed by atoms with E-state index < -0.39 is 0 Å². The van der Waals surface area contributed by atoms with Crippen molar-refractivity contribution in [3.05, 3.63) is 40.9 Å². The fourth-order valence-corrected chi connectivity index (χ4v) is 3.21. The van der Waals surface area contributed by atoms with Crippen LogP contribution in [0.1, 0.15) is 22.9 Å². The van der Waals surface area contributed by atoms with Gasteiger partial charge in [-0.25, -0.2) is 0 Å². The molecule has 0 bridgehead atoms. The average molecular weight is 316 g/mol. The van der Waals surface area contributed by atoms with Crippen LogP contribution in [0.2, 0.25) is 0 Å². The van der Waals surface area contributed by atoms with Crippen LogP contribution in [0.4, 0.5) is 5.13 Å². The zero-order valence-corrected chi connectivity index (χ0v) is 13.6. The topological polar surface area (TPSA) is 58.1 Å². The molecule has 116 valence electrons. The lowest BCUT2D eigenvalue weighted by molar-refractivity contribution is -0.117. The first-order chi connectivity index (χ1) is 10.6. The van der Waals surface area contributed by atoms with E-state index in [0.29, 0.717) is 11.0 Å². The smallest absolute Gasteiger partial charge is 0.229 e. The van der Waals surface area contributed by atoms with Gasteiger partial charge in [0, 0.05) is 18.9 Å². The predicted octanol–water partition coefficient (Wildman–Crippen LogP) is 2.38. The zero-order valence-electron chi connectivity index (χ0n) is 12.8. The third-order valence-corrected chi connectivity index (χ3v) is 4.72. The van der Waals surface area contributed by atoms with E-state index in [2.05, 4.69) is 32.5 Å². The van der Waals surface area contributed by atoms with Gasteiger partial charge >= 0.3 is 0 Å². The molecular formula is C16H20N4OS. The van der Waals surface area contributed by atoms with Crippen LogP contribution in [0.15, 0.2) is 30.3 Å². The second kappa shape index (κ2) is 6.54. The average Bonchev–Trinajstić information content (AvgIpc) is 3.20. The monoisotopic (exact) mass is 316 g/mol. The van der Waals surface area contributed by atoms with Crippen LogP contribution in [-0.4, -0.2) is 41.6 Å². The number of aromatic nitrogens is 2. The van der Waals surface area contributed by atoms with Crippen molar-refractivity contribution in [2.24, 2.45) is 5.92 Å². The molecule has 1 N–H and O–H groups in total. The third kappa shape index (κ3) is 3.69. The third-order valence-electron chi connectivity index (χ3n) is 3.82. The van der Waals surface area contributed by atoms with Crippen molar-refractivity contribution in [2.45, 2.75) is 18.8 Å². The van der Waals surface area contributed by atoms with Crippen LogP contribution in [-0.2, 0) is 11.2 Å². The molecule has 0 radical (unpaired) electrons. The maximum atomic E-state index is 12.3. The number of likely N-dealkylation sites (N-methyl/N-ethyl adjacent to an activating group) is 1. The van der Waals surface area contributed by atoms with Gasteiger partial charge in [-0.2, -0.15) is 0 Å². The Morgan fingerprint density at radius 1 is 1.32 bits per heavy atom. The highest BCUT2D eigenvalue weighted by Crippen LogP contribution is 2.47. The van der Waals surface area contributed by atoms with E-state index in [-0.39, 0.29) is 11.8 Å². The molecule has 1 heterocycles. The molecule has 1 aliphatic carbocycles. The van der Waals surface area contributed by atoms with Gasteiger partial charge in [0.1, 0.15) is 5.01 Å². The lowest BCUT2D eigenvalue weighted by Gasteiger charge is -2.05. The summed E-state index contributed by atoms with van der Waals surface area (Å²) >= 11 is 1.46. The van der Waals surface area contributed by atoms with Gasteiger partial charge in [0.05, 0.1) is 0 Å². The van der Waals surface area contributed by atoms with E-state index in [1.807, 2.05) is 32.3 Å². The molecule has 2 aromatic rings. The molecule has 0 spiro atoms. The summed E-state index contributed by atoms with van der Waals surface area (Å²) in [6.07, 6.45) is 1.78. The van der Waals surface area contributed by atoms with Crippen molar-refractivity contribution in [3.8, 4) is 0 Å². The highest BCUT2D eigenvalue weighted by Gasteiger charge is 2.44. The Morgan fingerprint density at radius 3 is 2.82 bits per heavy atom. The number of hydrogen-bond acceptors (Lipinski definition) is 5. The predicted molar refractivity (Wildman–Crippen MR) is 88.1 cm³/mol. The van der Waals surface area contributed by atoms with E-state index in [1.54, 1.807) is 0 Å². The molecule has 0 saturated heterocycles. The van der Waals surface area contributed by atoms with Gasteiger partial charge in [0.25, 0.3) is 0 Å². The minimum Gasteiger partial charge on any atom is -0.309 e. The summed E-state index contributed by atoms with van der Waals surface area (Å²) in [6, 6.07) is 10.2. The minimum atomic E-state index is 0.0594. The molecule has 1 saturated carbocycles. The van der Waals surface area contributed by atoms with Crippen molar-refractivity contribution in [1.29, 1.82) is 0 Å². The molecule has 3 rings (SSSR count). The lowest BCUT2D eigenvalue weighted by atomic mass is 10.1. The zero-order chi connectivity index (χ0) is 15.5. The summed E-state index contributed by atoms with van der Waals surface area (Å²) in [4.78, 5) is 14.4. The maximum Gasteiger partial charge on any atom is 0.229 e. The Bertz CT molecular complexity index is 641. The number of carbonyl (C=O) groups excluding carboxylic acids is 1. The van der Waals surface area contributed by atoms with Gasteiger partial charge < -0.3 is 10.2 Å². The quantitative estimate of drug-likeness (QED) is 0.889. The summed E-state index contributed by atoms with van der Waals surface area (Å²) < 4.78 is 0. The first-order valence-electron chi connectivity index (χ1n) is 7.46. The minimum absolute atomic E-state index is 0.0594. The summed E-state index contributed by atoms with van der Waals surface area (Å²) in [6.45, 7) is 0.932. The molecule has 0 unspecified atom stereocenters. The SMILES string of the molecule is CN(C)CCc1nnc(NC(=O)[C@@H]2C[C@H]2c2ccccc2)s1. The molecule has 1 aromatic carbocycles. The number of nitrogens with one attached hydrogen (secondary N) is 1. The molecule has 2 atom stereocenters. The second-order valence-electron chi connectivity index (χ2n) is 5.90. The van der Waals surface area contributed by atoms with Crippen molar-refractivity contribution in [1.82, 2.24) is 15.1 Å². The molecular weight excluding hydrogens is 296 g/mol. The van der Waals surface area contributed by atoms with Gasteiger partial charge in [0.15, 0.2) is 0 Å². The molecule has 1 aliphatic rings. The first-order valence-corrected chi connectivity index (χ1v) is 8.28. The number of anilines is 1. The highest BCUT2D eigenvalue weighted by atomic mass is 32.1. The van der Waals surface area contributed by atoms with E-state index in [9.17, 15) is 4.79 Å². The van der Waals surface area contributed by atoms with E-state index in [4.69, 9.17) is 0 Å². The van der Waals surface area contributed by atoms with Crippen LogP contribution < -0.4 is 5.32 Å². The first kappa shape index (κ1) is 15.1. The molecule has 1 fully saturated rings. The van der Waals surface area contributed by atoms with Crippen LogP contribution >= 0.6 is 11.3 Å². The largest absolute Gasteiger partial charge is 0.309 e. The number of hydrogen-bond donors (Lipinski definition) is 1. The Balaban J connectivity index is 1.53. The van der Waals surface area contributed by atoms with Crippen LogP contribution in [0, 0.1) is 5.92 Å². The Morgan fingerprint density at radius 2 is 2.09 bits per heavy atom. The lowest BCUT2D eigenvalue weighted by Crippen LogP contribution is -2.14. The van der Waals surface area contributed by atoms with Gasteiger partial charge in [-0.3, -0.25) is 4.79 Å². The highest BCUT2D eigenvalue weighted by molar-refractivity contribution is 7.15. The number of amides is 1. The van der Waals surface area contributed by atoms with Crippen molar-refractivity contribution < 1.29 is 4.79 Å². The van der Waals surface area contributed by atoms with Gasteiger partial charge in [-0.1, -0.05) is 41.7 Å². The van der Waals surface area contributed by atoms with Gasteiger partial charge in [0.2, 0.25) is 11.0 Å². The van der Waals surface area contributed by atoms with Crippen LogP contribution in [0.3, 0.4) is 0 Å². The molecule has 0 aliphatic heterocycles. The fourth-order valence-electron chi connectivity index (χ4n) is 2.48. The number of carbonyl (C=O) groups is 1. The molecule has 22 heavy (non-hydrogen) atoms. The summed E-state index contributed by atoms with van der Waals surface area (Å²) in [5, 5.41) is 12.7. The Kier molecular flexibility index (Phi) is 4.49. The van der Waals surface area contributed by atoms with E-state index >= 15 is 0 Å².